The predicted octanol–water partition coefficient (Wildman–Crippen LogP) is -0.867. The van der Waals surface area contributed by atoms with Crippen molar-refractivity contribution >= 4 is 5.95 Å². The normalized spacial score (nSPS) is 18.0. The number of H-pyrrole nitrogens is 2. The van der Waals surface area contributed by atoms with Crippen LogP contribution in [0.3, 0.4) is 0 Å². The Balaban J connectivity index is 1.65. The average Bonchev–Trinajstić information content (AvgIpc) is 3.18. The molecule has 3 N–H and O–H groups in total. The Kier molecular flexibility index (Phi) is 2.04. The third-order valence-corrected chi connectivity index (χ3v) is 2.99. The summed E-state index contributed by atoms with van der Waals surface area (Å²) in [5.74, 6) is 1.84. The van der Waals surface area contributed by atoms with Crippen LogP contribution in [0.5, 0.6) is 0 Å². The Morgan fingerprint density at radius 2 is 2.05 bits per heavy atom. The van der Waals surface area contributed by atoms with E-state index in [4.69, 9.17) is 0 Å². The van der Waals surface area contributed by atoms with Gasteiger partial charge in [0.2, 0.25) is 11.8 Å². The molecule has 1 atom stereocenters. The Morgan fingerprint density at radius 1 is 1.16 bits per heavy atom. The van der Waals surface area contributed by atoms with Crippen LogP contribution in [0.4, 0.5) is 5.95 Å². The summed E-state index contributed by atoms with van der Waals surface area (Å²) >= 11 is 0. The van der Waals surface area contributed by atoms with Gasteiger partial charge in [-0.3, -0.25) is 0 Å². The van der Waals surface area contributed by atoms with Crippen molar-refractivity contribution in [2.24, 2.45) is 0 Å². The van der Waals surface area contributed by atoms with E-state index in [-0.39, 0.29) is 6.04 Å². The molecule has 11 nitrogen and oxygen atoms in total. The van der Waals surface area contributed by atoms with Crippen molar-refractivity contribution in [3.8, 4) is 11.5 Å². The number of tetrazole rings is 2. The van der Waals surface area contributed by atoms with Crippen LogP contribution in [0, 0.1) is 0 Å². The molecule has 3 aromatic heterocycles. The lowest BCUT2D eigenvalue weighted by atomic mass is 10.1. The first kappa shape index (κ1) is 10.1. The third-order valence-electron chi connectivity index (χ3n) is 2.99. The number of imidazole rings is 1. The van der Waals surface area contributed by atoms with Gasteiger partial charge in [0.15, 0.2) is 5.82 Å². The summed E-state index contributed by atoms with van der Waals surface area (Å²) in [6.45, 7) is 0.812. The highest BCUT2D eigenvalue weighted by Crippen LogP contribution is 2.27. The zero-order chi connectivity index (χ0) is 12.7. The number of aryl methyl sites for hydroxylation is 1. The summed E-state index contributed by atoms with van der Waals surface area (Å²) in [7, 11) is 0. The number of aromatic nitrogens is 10. The summed E-state index contributed by atoms with van der Waals surface area (Å²) in [4.78, 5) is 4.43. The van der Waals surface area contributed by atoms with Gasteiger partial charge in [0, 0.05) is 12.7 Å². The van der Waals surface area contributed by atoms with E-state index in [2.05, 4.69) is 51.5 Å². The second-order valence-electron chi connectivity index (χ2n) is 4.13. The number of aromatic amines is 2. The average molecular weight is 259 g/mol. The lowest BCUT2D eigenvalue weighted by molar-refractivity contribution is 0.525. The highest BCUT2D eigenvalue weighted by atomic mass is 15.5. The van der Waals surface area contributed by atoms with E-state index in [1.54, 1.807) is 0 Å². The van der Waals surface area contributed by atoms with E-state index in [0.717, 1.165) is 18.9 Å². The molecular formula is C8H9N11. The van der Waals surface area contributed by atoms with E-state index in [9.17, 15) is 0 Å². The minimum absolute atomic E-state index is 0.00627. The highest BCUT2D eigenvalue weighted by Gasteiger charge is 2.24. The molecule has 0 radical (unpaired) electrons. The molecule has 4 heterocycles. The molecule has 0 aromatic carbocycles. The van der Waals surface area contributed by atoms with E-state index >= 15 is 0 Å². The Labute approximate surface area is 105 Å². The van der Waals surface area contributed by atoms with Crippen LogP contribution in [0.15, 0.2) is 6.20 Å². The predicted molar refractivity (Wildman–Crippen MR) is 60.6 cm³/mol. The van der Waals surface area contributed by atoms with Crippen LogP contribution in [-0.2, 0) is 6.54 Å². The van der Waals surface area contributed by atoms with Gasteiger partial charge in [-0.2, -0.15) is 10.4 Å². The van der Waals surface area contributed by atoms with Gasteiger partial charge in [0.05, 0.1) is 6.04 Å². The quantitative estimate of drug-likeness (QED) is 0.540. The van der Waals surface area contributed by atoms with Gasteiger partial charge in [-0.05, 0) is 11.6 Å². The SMILES string of the molecule is c1c(-c2nn[nH]n2)nc2n1CCC(c1nn[nH]n1)N2. The fourth-order valence-electron chi connectivity index (χ4n) is 2.09. The molecule has 0 saturated heterocycles. The van der Waals surface area contributed by atoms with Gasteiger partial charge in [0.1, 0.15) is 5.69 Å². The molecule has 0 bridgehead atoms. The van der Waals surface area contributed by atoms with Crippen molar-refractivity contribution in [1.82, 2.24) is 50.8 Å². The molecule has 0 fully saturated rings. The van der Waals surface area contributed by atoms with Crippen molar-refractivity contribution in [2.75, 3.05) is 5.32 Å². The third kappa shape index (κ3) is 1.63. The molecule has 19 heavy (non-hydrogen) atoms. The van der Waals surface area contributed by atoms with E-state index in [1.165, 1.54) is 0 Å². The Hall–Kier alpha value is -2.85. The van der Waals surface area contributed by atoms with Gasteiger partial charge >= 0.3 is 0 Å². The Morgan fingerprint density at radius 3 is 2.84 bits per heavy atom. The number of rotatable bonds is 2. The molecule has 1 unspecified atom stereocenters. The number of hydrogen-bond acceptors (Lipinski definition) is 8. The van der Waals surface area contributed by atoms with E-state index in [1.807, 2.05) is 10.8 Å². The first-order valence-corrected chi connectivity index (χ1v) is 5.71. The molecule has 0 spiro atoms. The van der Waals surface area contributed by atoms with Crippen molar-refractivity contribution in [3.05, 3.63) is 12.0 Å². The van der Waals surface area contributed by atoms with Gasteiger partial charge in [0.25, 0.3) is 0 Å². The minimum atomic E-state index is 0.00627. The number of anilines is 1. The smallest absolute Gasteiger partial charge is 0.224 e. The van der Waals surface area contributed by atoms with Crippen LogP contribution >= 0.6 is 0 Å². The van der Waals surface area contributed by atoms with Crippen LogP contribution in [0.1, 0.15) is 18.3 Å². The number of hydrogen-bond donors (Lipinski definition) is 3. The molecule has 0 saturated carbocycles. The molecule has 96 valence electrons. The van der Waals surface area contributed by atoms with Crippen LogP contribution in [-0.4, -0.2) is 50.8 Å². The minimum Gasteiger partial charge on any atom is -0.345 e. The fourth-order valence-corrected chi connectivity index (χ4v) is 2.09. The first-order valence-electron chi connectivity index (χ1n) is 5.71. The zero-order valence-electron chi connectivity index (χ0n) is 9.65. The molecule has 1 aliphatic heterocycles. The summed E-state index contributed by atoms with van der Waals surface area (Å²) in [6, 6.07) is 0.00627. The van der Waals surface area contributed by atoms with Gasteiger partial charge in [-0.25, -0.2) is 4.98 Å². The molecule has 0 amide bonds. The van der Waals surface area contributed by atoms with Crippen molar-refractivity contribution < 1.29 is 0 Å². The molecule has 4 rings (SSSR count). The van der Waals surface area contributed by atoms with Crippen molar-refractivity contribution in [1.29, 1.82) is 0 Å². The maximum absolute atomic E-state index is 4.43. The molecule has 1 aliphatic rings. The van der Waals surface area contributed by atoms with E-state index < -0.39 is 0 Å². The maximum Gasteiger partial charge on any atom is 0.224 e. The first-order chi connectivity index (χ1) is 9.40. The second-order valence-corrected chi connectivity index (χ2v) is 4.13. The number of nitrogens with zero attached hydrogens (tertiary/aromatic N) is 8. The monoisotopic (exact) mass is 259 g/mol. The number of nitrogens with one attached hydrogen (secondary N) is 3. The number of fused-ring (bicyclic) bond motifs is 1. The van der Waals surface area contributed by atoms with Crippen molar-refractivity contribution in [2.45, 2.75) is 19.0 Å². The summed E-state index contributed by atoms with van der Waals surface area (Å²) in [6.07, 6.45) is 2.74. The molecule has 0 aliphatic carbocycles. The molecule has 11 heteroatoms. The fraction of sp³-hybridized carbons (Fsp3) is 0.375. The van der Waals surface area contributed by atoms with Crippen molar-refractivity contribution in [3.63, 3.8) is 0 Å². The van der Waals surface area contributed by atoms with Gasteiger partial charge < -0.3 is 9.88 Å². The maximum atomic E-state index is 4.43. The second kappa shape index (κ2) is 3.83. The summed E-state index contributed by atoms with van der Waals surface area (Å²) in [5, 5.41) is 31.0. The van der Waals surface area contributed by atoms with Crippen LogP contribution in [0.25, 0.3) is 11.5 Å². The largest absolute Gasteiger partial charge is 0.345 e. The lowest BCUT2D eigenvalue weighted by Crippen LogP contribution is -2.22. The standard InChI is InChI=1S/C8H9N11/c1-2-19-3-5(7-13-17-18-14-7)10-8(19)9-4(1)6-11-15-16-12-6/h3-4H,1-2H2,(H,9,10)(H,11,12,15,16)(H,13,14,17,18). The van der Waals surface area contributed by atoms with Crippen LogP contribution in [0.2, 0.25) is 0 Å². The molecule has 3 aromatic rings. The van der Waals surface area contributed by atoms with E-state index in [0.29, 0.717) is 17.3 Å². The van der Waals surface area contributed by atoms with Crippen LogP contribution < -0.4 is 5.32 Å². The summed E-state index contributed by atoms with van der Waals surface area (Å²) < 4.78 is 2.00. The van der Waals surface area contributed by atoms with Gasteiger partial charge in [-0.1, -0.05) is 5.21 Å². The lowest BCUT2D eigenvalue weighted by Gasteiger charge is -2.22. The topological polar surface area (TPSA) is 139 Å². The Bertz CT molecular complexity index is 666. The summed E-state index contributed by atoms with van der Waals surface area (Å²) in [5.41, 5.74) is 0.671. The molecular weight excluding hydrogens is 250 g/mol. The zero-order valence-corrected chi connectivity index (χ0v) is 9.65. The van der Waals surface area contributed by atoms with Gasteiger partial charge in [-0.15, -0.1) is 20.4 Å². The highest BCUT2D eigenvalue weighted by molar-refractivity contribution is 5.51.